The monoisotopic (exact) mass is 373 g/mol. The number of carbonyl (C=O) groups excluding carboxylic acids is 1. The van der Waals surface area contributed by atoms with Crippen molar-refractivity contribution in [3.63, 3.8) is 0 Å². The SMILES string of the molecule is Cc1cc(-c2cc3c(c(NCc4cccnc4)c2)CC(=O)CC3)cn(C)c1=O. The third-order valence-electron chi connectivity index (χ3n) is 5.29. The van der Waals surface area contributed by atoms with Crippen LogP contribution >= 0.6 is 0 Å². The van der Waals surface area contributed by atoms with Gasteiger partial charge in [0.25, 0.3) is 5.56 Å². The quantitative estimate of drug-likeness (QED) is 0.761. The Morgan fingerprint density at radius 1 is 1.14 bits per heavy atom. The molecule has 0 atom stereocenters. The number of anilines is 1. The van der Waals surface area contributed by atoms with Gasteiger partial charge in [0.15, 0.2) is 0 Å². The van der Waals surface area contributed by atoms with E-state index in [0.29, 0.717) is 19.4 Å². The number of Topliss-reactive ketones (excluding diaryl/α,β-unsaturated/α-hetero) is 1. The fourth-order valence-corrected chi connectivity index (χ4v) is 3.78. The Hall–Kier alpha value is -3.21. The van der Waals surface area contributed by atoms with E-state index in [1.165, 1.54) is 5.56 Å². The smallest absolute Gasteiger partial charge is 0.253 e. The summed E-state index contributed by atoms with van der Waals surface area (Å²) in [6.07, 6.45) is 7.28. The van der Waals surface area contributed by atoms with Gasteiger partial charge < -0.3 is 9.88 Å². The first-order valence-electron chi connectivity index (χ1n) is 9.49. The molecule has 1 aliphatic rings. The van der Waals surface area contributed by atoms with Gasteiger partial charge in [0.1, 0.15) is 5.78 Å². The van der Waals surface area contributed by atoms with Crippen molar-refractivity contribution in [2.75, 3.05) is 5.32 Å². The zero-order chi connectivity index (χ0) is 19.7. The molecule has 1 aliphatic carbocycles. The number of hydrogen-bond acceptors (Lipinski definition) is 4. The van der Waals surface area contributed by atoms with Crippen LogP contribution in [-0.2, 0) is 31.2 Å². The Morgan fingerprint density at radius 2 is 2.00 bits per heavy atom. The summed E-state index contributed by atoms with van der Waals surface area (Å²) < 4.78 is 1.62. The zero-order valence-corrected chi connectivity index (χ0v) is 16.2. The van der Waals surface area contributed by atoms with Gasteiger partial charge in [-0.05, 0) is 59.4 Å². The second-order valence-corrected chi connectivity index (χ2v) is 7.42. The number of aryl methyl sites for hydroxylation is 3. The van der Waals surface area contributed by atoms with Crippen LogP contribution in [0.5, 0.6) is 0 Å². The lowest BCUT2D eigenvalue weighted by Crippen LogP contribution is -2.19. The predicted molar refractivity (Wildman–Crippen MR) is 110 cm³/mol. The van der Waals surface area contributed by atoms with Crippen molar-refractivity contribution in [2.24, 2.45) is 7.05 Å². The van der Waals surface area contributed by atoms with Crippen molar-refractivity contribution in [1.29, 1.82) is 0 Å². The predicted octanol–water partition coefficient (Wildman–Crippen LogP) is 3.43. The van der Waals surface area contributed by atoms with Crippen LogP contribution in [0.4, 0.5) is 5.69 Å². The molecule has 2 aromatic heterocycles. The highest BCUT2D eigenvalue weighted by Crippen LogP contribution is 2.33. The number of nitrogens with one attached hydrogen (secondary N) is 1. The van der Waals surface area contributed by atoms with Gasteiger partial charge in [-0.3, -0.25) is 14.6 Å². The molecule has 0 saturated heterocycles. The van der Waals surface area contributed by atoms with Crippen LogP contribution in [0.3, 0.4) is 0 Å². The normalized spacial score (nSPS) is 13.3. The van der Waals surface area contributed by atoms with Crippen molar-refractivity contribution in [1.82, 2.24) is 9.55 Å². The highest BCUT2D eigenvalue weighted by atomic mass is 16.1. The Bertz CT molecular complexity index is 1070. The highest BCUT2D eigenvalue weighted by Gasteiger charge is 2.20. The summed E-state index contributed by atoms with van der Waals surface area (Å²) in [5.41, 5.74) is 7.16. The number of hydrogen-bond donors (Lipinski definition) is 1. The van der Waals surface area contributed by atoms with E-state index in [1.807, 2.05) is 37.5 Å². The summed E-state index contributed by atoms with van der Waals surface area (Å²) in [5.74, 6) is 0.280. The molecule has 28 heavy (non-hydrogen) atoms. The minimum atomic E-state index is 0.0160. The van der Waals surface area contributed by atoms with Crippen LogP contribution in [0.15, 0.2) is 53.7 Å². The first-order valence-corrected chi connectivity index (χ1v) is 9.49. The summed E-state index contributed by atoms with van der Waals surface area (Å²) in [5, 5.41) is 3.50. The van der Waals surface area contributed by atoms with E-state index in [2.05, 4.69) is 22.4 Å². The molecule has 4 rings (SSSR count). The van der Waals surface area contributed by atoms with Gasteiger partial charge in [0.05, 0.1) is 0 Å². The Kier molecular flexibility index (Phi) is 4.82. The molecule has 0 bridgehead atoms. The van der Waals surface area contributed by atoms with E-state index in [0.717, 1.165) is 39.9 Å². The Labute approximate surface area is 164 Å². The number of nitrogens with zero attached hydrogens (tertiary/aromatic N) is 2. The highest BCUT2D eigenvalue weighted by molar-refractivity contribution is 5.86. The van der Waals surface area contributed by atoms with E-state index < -0.39 is 0 Å². The summed E-state index contributed by atoms with van der Waals surface area (Å²) in [6.45, 7) is 2.48. The molecule has 1 N–H and O–H groups in total. The van der Waals surface area contributed by atoms with Crippen molar-refractivity contribution in [3.8, 4) is 11.1 Å². The largest absolute Gasteiger partial charge is 0.381 e. The van der Waals surface area contributed by atoms with Crippen LogP contribution in [0.25, 0.3) is 11.1 Å². The van der Waals surface area contributed by atoms with E-state index in [9.17, 15) is 9.59 Å². The number of benzene rings is 1. The molecule has 0 fully saturated rings. The number of rotatable bonds is 4. The minimum absolute atomic E-state index is 0.0160. The van der Waals surface area contributed by atoms with Gasteiger partial charge >= 0.3 is 0 Å². The molecule has 0 aliphatic heterocycles. The van der Waals surface area contributed by atoms with Gasteiger partial charge in [0.2, 0.25) is 0 Å². The van der Waals surface area contributed by atoms with Crippen molar-refractivity contribution in [3.05, 3.63) is 81.5 Å². The van der Waals surface area contributed by atoms with Gasteiger partial charge in [-0.15, -0.1) is 0 Å². The Balaban J connectivity index is 1.76. The maximum atomic E-state index is 12.1. The topological polar surface area (TPSA) is 64.0 Å². The molecule has 142 valence electrons. The first-order chi connectivity index (χ1) is 13.5. The summed E-state index contributed by atoms with van der Waals surface area (Å²) in [6, 6.07) is 10.1. The summed E-state index contributed by atoms with van der Waals surface area (Å²) in [4.78, 5) is 28.3. The van der Waals surface area contributed by atoms with Crippen molar-refractivity contribution >= 4 is 11.5 Å². The number of ketones is 1. The number of aromatic nitrogens is 2. The maximum Gasteiger partial charge on any atom is 0.253 e. The third-order valence-corrected chi connectivity index (χ3v) is 5.29. The van der Waals surface area contributed by atoms with E-state index >= 15 is 0 Å². The van der Waals surface area contributed by atoms with Crippen LogP contribution in [0.1, 0.15) is 28.7 Å². The number of pyridine rings is 2. The van der Waals surface area contributed by atoms with Crippen LogP contribution < -0.4 is 10.9 Å². The molecule has 0 unspecified atom stereocenters. The molecule has 0 radical (unpaired) electrons. The van der Waals surface area contributed by atoms with Crippen LogP contribution in [-0.4, -0.2) is 15.3 Å². The van der Waals surface area contributed by atoms with Crippen molar-refractivity contribution in [2.45, 2.75) is 32.7 Å². The Morgan fingerprint density at radius 3 is 2.75 bits per heavy atom. The molecule has 1 aromatic carbocycles. The minimum Gasteiger partial charge on any atom is -0.381 e. The lowest BCUT2D eigenvalue weighted by atomic mass is 9.87. The van der Waals surface area contributed by atoms with Gasteiger partial charge in [-0.25, -0.2) is 0 Å². The fourth-order valence-electron chi connectivity index (χ4n) is 3.78. The van der Waals surface area contributed by atoms with Gasteiger partial charge in [-0.2, -0.15) is 0 Å². The van der Waals surface area contributed by atoms with E-state index in [4.69, 9.17) is 0 Å². The fraction of sp³-hybridized carbons (Fsp3) is 0.261. The second-order valence-electron chi connectivity index (χ2n) is 7.42. The molecule has 0 amide bonds. The van der Waals surface area contributed by atoms with E-state index in [1.54, 1.807) is 17.8 Å². The molecule has 3 aromatic rings. The van der Waals surface area contributed by atoms with Crippen LogP contribution in [0.2, 0.25) is 0 Å². The molecule has 5 nitrogen and oxygen atoms in total. The zero-order valence-electron chi connectivity index (χ0n) is 16.2. The van der Waals surface area contributed by atoms with Crippen LogP contribution in [0, 0.1) is 6.92 Å². The average molecular weight is 373 g/mol. The van der Waals surface area contributed by atoms with Gasteiger partial charge in [0, 0.05) is 56.3 Å². The average Bonchev–Trinajstić information content (AvgIpc) is 2.70. The van der Waals surface area contributed by atoms with Gasteiger partial charge in [-0.1, -0.05) is 12.1 Å². The molecular formula is C23H23N3O2. The standard InChI is InChI=1S/C23H23N3O2/c1-15-8-19(14-26(2)23(15)28)18-9-17-5-6-20(27)11-21(17)22(10-18)25-13-16-4-3-7-24-12-16/h3-4,7-10,12,14,25H,5-6,11,13H2,1-2H3. The maximum absolute atomic E-state index is 12.1. The second kappa shape index (κ2) is 7.43. The number of fused-ring (bicyclic) bond motifs is 1. The van der Waals surface area contributed by atoms with Crippen molar-refractivity contribution < 1.29 is 4.79 Å². The lowest BCUT2D eigenvalue weighted by molar-refractivity contribution is -0.118. The molecule has 5 heteroatoms. The molecule has 0 spiro atoms. The third kappa shape index (κ3) is 3.60. The summed E-state index contributed by atoms with van der Waals surface area (Å²) >= 11 is 0. The molecule has 2 heterocycles. The lowest BCUT2D eigenvalue weighted by Gasteiger charge is -2.22. The molecular weight excluding hydrogens is 350 g/mol. The first kappa shape index (κ1) is 18.2. The summed E-state index contributed by atoms with van der Waals surface area (Å²) in [7, 11) is 1.78. The number of carbonyl (C=O) groups is 1. The molecule has 0 saturated carbocycles. The van der Waals surface area contributed by atoms with E-state index in [-0.39, 0.29) is 11.3 Å².